The number of rotatable bonds is 3. The van der Waals surface area contributed by atoms with E-state index in [0.717, 1.165) is 0 Å². The molecule has 0 saturated carbocycles. The van der Waals surface area contributed by atoms with Crippen molar-refractivity contribution in [2.45, 2.75) is 11.8 Å². The standard InChI is InChI=1S/C11H10N4O3S/c1-7-4-11(14-18-7)15-19(16,17)10-3-2-8(6-12)5-9(10)13/h2-5H,13H2,1H3,(H,14,15). The first-order valence-electron chi connectivity index (χ1n) is 5.18. The fourth-order valence-corrected chi connectivity index (χ4v) is 2.57. The molecule has 0 fully saturated rings. The van der Waals surface area contributed by atoms with Crippen LogP contribution in [-0.4, -0.2) is 13.6 Å². The second kappa shape index (κ2) is 4.62. The first-order chi connectivity index (χ1) is 8.92. The van der Waals surface area contributed by atoms with Crippen molar-refractivity contribution < 1.29 is 12.9 Å². The third-order valence-corrected chi connectivity index (χ3v) is 3.72. The van der Waals surface area contributed by atoms with Crippen LogP contribution < -0.4 is 10.5 Å². The minimum Gasteiger partial charge on any atom is -0.398 e. The molecule has 0 saturated heterocycles. The van der Waals surface area contributed by atoms with E-state index in [1.807, 2.05) is 6.07 Å². The molecule has 1 aromatic carbocycles. The maximum Gasteiger partial charge on any atom is 0.265 e. The number of hydrogen-bond donors (Lipinski definition) is 2. The van der Waals surface area contributed by atoms with Crippen LogP contribution in [0.1, 0.15) is 11.3 Å². The Hall–Kier alpha value is -2.53. The predicted octanol–water partition coefficient (Wildman–Crippen LogP) is 1.24. The molecule has 0 radical (unpaired) electrons. The van der Waals surface area contributed by atoms with Gasteiger partial charge in [0.2, 0.25) is 0 Å². The third kappa shape index (κ3) is 2.66. The first kappa shape index (κ1) is 12.9. The Morgan fingerprint density at radius 1 is 1.42 bits per heavy atom. The number of nitrogen functional groups attached to an aromatic ring is 1. The number of nitriles is 1. The van der Waals surface area contributed by atoms with Crippen LogP contribution in [0.15, 0.2) is 33.7 Å². The van der Waals surface area contributed by atoms with Gasteiger partial charge < -0.3 is 10.3 Å². The van der Waals surface area contributed by atoms with Gasteiger partial charge in [0.05, 0.1) is 17.3 Å². The highest BCUT2D eigenvalue weighted by molar-refractivity contribution is 7.92. The highest BCUT2D eigenvalue weighted by Crippen LogP contribution is 2.22. The molecule has 2 aromatic rings. The van der Waals surface area contributed by atoms with Crippen molar-refractivity contribution in [3.8, 4) is 6.07 Å². The van der Waals surface area contributed by atoms with Crippen molar-refractivity contribution in [1.82, 2.24) is 5.16 Å². The molecule has 0 amide bonds. The van der Waals surface area contributed by atoms with Crippen LogP contribution in [-0.2, 0) is 10.0 Å². The van der Waals surface area contributed by atoms with Crippen LogP contribution >= 0.6 is 0 Å². The Labute approximate surface area is 109 Å². The molecule has 0 bridgehead atoms. The van der Waals surface area contributed by atoms with Gasteiger partial charge in [-0.1, -0.05) is 5.16 Å². The second-order valence-corrected chi connectivity index (χ2v) is 5.44. The van der Waals surface area contributed by atoms with Gasteiger partial charge in [-0.2, -0.15) is 5.26 Å². The van der Waals surface area contributed by atoms with E-state index in [2.05, 4.69) is 9.88 Å². The number of nitrogens with one attached hydrogen (secondary N) is 1. The molecule has 1 heterocycles. The molecule has 0 aliphatic rings. The molecule has 3 N–H and O–H groups in total. The van der Waals surface area contributed by atoms with Crippen LogP contribution in [0.25, 0.3) is 0 Å². The summed E-state index contributed by atoms with van der Waals surface area (Å²) >= 11 is 0. The van der Waals surface area contributed by atoms with Gasteiger partial charge in [-0.15, -0.1) is 0 Å². The lowest BCUT2D eigenvalue weighted by atomic mass is 10.2. The minimum absolute atomic E-state index is 0.00762. The smallest absolute Gasteiger partial charge is 0.265 e. The van der Waals surface area contributed by atoms with Crippen molar-refractivity contribution in [3.05, 3.63) is 35.6 Å². The van der Waals surface area contributed by atoms with E-state index in [-0.39, 0.29) is 22.0 Å². The van der Waals surface area contributed by atoms with Gasteiger partial charge in [0.25, 0.3) is 10.0 Å². The zero-order chi connectivity index (χ0) is 14.0. The molecule has 0 aliphatic heterocycles. The second-order valence-electron chi connectivity index (χ2n) is 3.79. The highest BCUT2D eigenvalue weighted by Gasteiger charge is 2.19. The summed E-state index contributed by atoms with van der Waals surface area (Å²) in [5.41, 5.74) is 5.91. The fraction of sp³-hybridized carbons (Fsp3) is 0.0909. The summed E-state index contributed by atoms with van der Waals surface area (Å²) in [7, 11) is -3.86. The van der Waals surface area contributed by atoms with Crippen molar-refractivity contribution >= 4 is 21.5 Å². The average molecular weight is 278 g/mol. The number of hydrogen-bond acceptors (Lipinski definition) is 6. The highest BCUT2D eigenvalue weighted by atomic mass is 32.2. The van der Waals surface area contributed by atoms with E-state index >= 15 is 0 Å². The molecule has 98 valence electrons. The van der Waals surface area contributed by atoms with E-state index in [9.17, 15) is 8.42 Å². The number of aromatic nitrogens is 1. The lowest BCUT2D eigenvalue weighted by Crippen LogP contribution is -2.15. The van der Waals surface area contributed by atoms with Crippen molar-refractivity contribution in [2.24, 2.45) is 0 Å². The van der Waals surface area contributed by atoms with Crippen molar-refractivity contribution in [3.63, 3.8) is 0 Å². The van der Waals surface area contributed by atoms with Crippen LogP contribution in [0.4, 0.5) is 11.5 Å². The average Bonchev–Trinajstić information content (AvgIpc) is 2.73. The summed E-state index contributed by atoms with van der Waals surface area (Å²) in [6.07, 6.45) is 0. The molecular weight excluding hydrogens is 268 g/mol. The maximum atomic E-state index is 12.1. The van der Waals surface area contributed by atoms with E-state index in [1.54, 1.807) is 6.92 Å². The fourth-order valence-electron chi connectivity index (χ4n) is 1.47. The van der Waals surface area contributed by atoms with E-state index in [0.29, 0.717) is 5.76 Å². The Balaban J connectivity index is 2.37. The van der Waals surface area contributed by atoms with Crippen molar-refractivity contribution in [2.75, 3.05) is 10.5 Å². The summed E-state index contributed by atoms with van der Waals surface area (Å²) in [4.78, 5) is -0.118. The van der Waals surface area contributed by atoms with Gasteiger partial charge in [0.15, 0.2) is 5.82 Å². The molecule has 2 rings (SSSR count). The predicted molar refractivity (Wildman–Crippen MR) is 67.6 cm³/mol. The Morgan fingerprint density at radius 3 is 2.68 bits per heavy atom. The summed E-state index contributed by atoms with van der Waals surface area (Å²) < 4.78 is 31.2. The summed E-state index contributed by atoms with van der Waals surface area (Å²) in [5.74, 6) is 0.548. The quantitative estimate of drug-likeness (QED) is 0.814. The normalized spacial score (nSPS) is 10.9. The monoisotopic (exact) mass is 278 g/mol. The lowest BCUT2D eigenvalue weighted by molar-refractivity contribution is 0.400. The first-order valence-corrected chi connectivity index (χ1v) is 6.66. The maximum absolute atomic E-state index is 12.1. The number of aryl methyl sites for hydroxylation is 1. The third-order valence-electron chi connectivity index (χ3n) is 2.30. The Bertz CT molecular complexity index is 758. The Morgan fingerprint density at radius 2 is 2.16 bits per heavy atom. The molecule has 0 atom stereocenters. The van der Waals surface area contributed by atoms with Gasteiger partial charge in [-0.25, -0.2) is 8.42 Å². The molecule has 0 spiro atoms. The summed E-state index contributed by atoms with van der Waals surface area (Å²) in [6, 6.07) is 7.25. The Kier molecular flexibility index (Phi) is 3.14. The van der Waals surface area contributed by atoms with Crippen LogP contribution in [0, 0.1) is 18.3 Å². The number of nitrogens with two attached hydrogens (primary N) is 1. The number of nitrogens with zero attached hydrogens (tertiary/aromatic N) is 2. The minimum atomic E-state index is -3.86. The molecule has 0 aliphatic carbocycles. The topological polar surface area (TPSA) is 122 Å². The van der Waals surface area contributed by atoms with Gasteiger partial charge in [0, 0.05) is 6.07 Å². The molecule has 0 unspecified atom stereocenters. The molecule has 1 aromatic heterocycles. The molecular formula is C11H10N4O3S. The molecule has 8 heteroatoms. The van der Waals surface area contributed by atoms with Crippen LogP contribution in [0.3, 0.4) is 0 Å². The largest absolute Gasteiger partial charge is 0.398 e. The van der Waals surface area contributed by atoms with Gasteiger partial charge >= 0.3 is 0 Å². The number of benzene rings is 1. The summed E-state index contributed by atoms with van der Waals surface area (Å²) in [6.45, 7) is 1.64. The number of anilines is 2. The van der Waals surface area contributed by atoms with E-state index in [4.69, 9.17) is 15.5 Å². The number of sulfonamides is 1. The zero-order valence-electron chi connectivity index (χ0n) is 9.91. The van der Waals surface area contributed by atoms with Gasteiger partial charge in [-0.05, 0) is 25.1 Å². The summed E-state index contributed by atoms with van der Waals surface area (Å²) in [5, 5.41) is 12.2. The van der Waals surface area contributed by atoms with Crippen molar-refractivity contribution in [1.29, 1.82) is 5.26 Å². The molecule has 7 nitrogen and oxygen atoms in total. The zero-order valence-corrected chi connectivity index (χ0v) is 10.7. The van der Waals surface area contributed by atoms with Gasteiger partial charge in [-0.3, -0.25) is 4.72 Å². The van der Waals surface area contributed by atoms with Crippen LogP contribution in [0.2, 0.25) is 0 Å². The van der Waals surface area contributed by atoms with E-state index < -0.39 is 10.0 Å². The lowest BCUT2D eigenvalue weighted by Gasteiger charge is -2.07. The van der Waals surface area contributed by atoms with Gasteiger partial charge in [0.1, 0.15) is 10.7 Å². The van der Waals surface area contributed by atoms with E-state index in [1.165, 1.54) is 24.3 Å². The van der Waals surface area contributed by atoms with Crippen LogP contribution in [0.5, 0.6) is 0 Å². The SMILES string of the molecule is Cc1cc(NS(=O)(=O)c2ccc(C#N)cc2N)no1. The molecule has 19 heavy (non-hydrogen) atoms.